The number of ether oxygens (including phenoxy) is 2. The molecule has 0 unspecified atom stereocenters. The molecule has 0 aliphatic carbocycles. The van der Waals surface area contributed by atoms with Crippen LogP contribution in [0, 0.1) is 13.7 Å². The number of nitro groups is 1. The van der Waals surface area contributed by atoms with E-state index in [9.17, 15) is 14.9 Å². The minimum absolute atomic E-state index is 0.166. The molecule has 0 aliphatic rings. The molecule has 2 aromatic rings. The normalized spacial score (nSPS) is 10.2. The lowest BCUT2D eigenvalue weighted by Gasteiger charge is -2.13. The Hall–Kier alpha value is -2.07. The first-order chi connectivity index (χ1) is 11.4. The van der Waals surface area contributed by atoms with Gasteiger partial charge in [-0.1, -0.05) is 11.6 Å². The molecule has 1 amide bonds. The summed E-state index contributed by atoms with van der Waals surface area (Å²) in [5.41, 5.74) is 0.342. The predicted molar refractivity (Wildman–Crippen MR) is 98.3 cm³/mol. The van der Waals surface area contributed by atoms with Gasteiger partial charge in [-0.05, 0) is 34.7 Å². The maximum absolute atomic E-state index is 12.5. The Bertz CT molecular complexity index is 813. The fourth-order valence-electron chi connectivity index (χ4n) is 1.95. The third-order valence-corrected chi connectivity index (χ3v) is 4.36. The van der Waals surface area contributed by atoms with Gasteiger partial charge in [0, 0.05) is 21.8 Å². The van der Waals surface area contributed by atoms with Gasteiger partial charge in [-0.25, -0.2) is 0 Å². The van der Waals surface area contributed by atoms with E-state index in [2.05, 4.69) is 5.32 Å². The van der Waals surface area contributed by atoms with E-state index in [0.29, 0.717) is 25.8 Å². The van der Waals surface area contributed by atoms with Crippen LogP contribution in [-0.4, -0.2) is 25.1 Å². The van der Waals surface area contributed by atoms with Crippen molar-refractivity contribution >= 4 is 51.5 Å². The molecular weight excluding hydrogens is 451 g/mol. The number of hydrogen-bond donors (Lipinski definition) is 1. The van der Waals surface area contributed by atoms with Gasteiger partial charge in [0.25, 0.3) is 11.6 Å². The monoisotopic (exact) mass is 462 g/mol. The SMILES string of the molecule is COc1cc(OC)c(NC(=O)c2cc([N+](=O)[O-])ccc2I)cc1Cl. The van der Waals surface area contributed by atoms with E-state index in [0.717, 1.165) is 0 Å². The highest BCUT2D eigenvalue weighted by Gasteiger charge is 2.18. The number of carbonyl (C=O) groups excluding carboxylic acids is 1. The molecule has 0 heterocycles. The second-order valence-electron chi connectivity index (χ2n) is 4.56. The number of nitro benzene ring substituents is 1. The third-order valence-electron chi connectivity index (χ3n) is 3.13. The maximum Gasteiger partial charge on any atom is 0.270 e. The van der Waals surface area contributed by atoms with E-state index >= 15 is 0 Å². The van der Waals surface area contributed by atoms with Crippen molar-refractivity contribution in [3.8, 4) is 11.5 Å². The number of hydrogen-bond acceptors (Lipinski definition) is 5. The van der Waals surface area contributed by atoms with Crippen LogP contribution in [0.1, 0.15) is 10.4 Å². The molecule has 0 radical (unpaired) electrons. The molecule has 0 fully saturated rings. The van der Waals surface area contributed by atoms with E-state index < -0.39 is 10.8 Å². The van der Waals surface area contributed by atoms with Crippen LogP contribution in [-0.2, 0) is 0 Å². The number of rotatable bonds is 5. The van der Waals surface area contributed by atoms with Gasteiger partial charge in [0.1, 0.15) is 11.5 Å². The number of anilines is 1. The molecule has 0 atom stereocenters. The minimum atomic E-state index is -0.558. The maximum atomic E-state index is 12.5. The molecule has 1 N–H and O–H groups in total. The number of benzene rings is 2. The van der Waals surface area contributed by atoms with Gasteiger partial charge in [-0.2, -0.15) is 0 Å². The Kier molecular flexibility index (Phi) is 5.84. The summed E-state index contributed by atoms with van der Waals surface area (Å²) in [5, 5.41) is 13.8. The van der Waals surface area contributed by atoms with Crippen LogP contribution in [0.4, 0.5) is 11.4 Å². The lowest BCUT2D eigenvalue weighted by molar-refractivity contribution is -0.384. The van der Waals surface area contributed by atoms with Gasteiger partial charge in [0.2, 0.25) is 0 Å². The topological polar surface area (TPSA) is 90.7 Å². The molecule has 0 saturated heterocycles. The van der Waals surface area contributed by atoms with E-state index in [1.165, 1.54) is 44.6 Å². The number of carbonyl (C=O) groups is 1. The van der Waals surface area contributed by atoms with E-state index in [-0.39, 0.29) is 11.3 Å². The van der Waals surface area contributed by atoms with Crippen LogP contribution in [0.2, 0.25) is 5.02 Å². The van der Waals surface area contributed by atoms with Gasteiger partial charge in [-0.15, -0.1) is 0 Å². The number of methoxy groups -OCH3 is 2. The Morgan fingerprint density at radius 1 is 1.21 bits per heavy atom. The molecule has 126 valence electrons. The smallest absolute Gasteiger partial charge is 0.270 e. The molecule has 2 rings (SSSR count). The number of non-ortho nitro benzene ring substituents is 1. The standard InChI is InChI=1S/C15H12ClIN2O5/c1-23-13-7-14(24-2)12(6-10(13)16)18-15(20)9-5-8(19(21)22)3-4-11(9)17/h3-7H,1-2H3,(H,18,20). The fraction of sp³-hybridized carbons (Fsp3) is 0.133. The van der Waals surface area contributed by atoms with Crippen molar-refractivity contribution in [1.29, 1.82) is 0 Å². The third kappa shape index (κ3) is 3.88. The summed E-state index contributed by atoms with van der Waals surface area (Å²) in [5.74, 6) is 0.240. The molecule has 0 saturated carbocycles. The first kappa shape index (κ1) is 18.3. The molecule has 9 heteroatoms. The summed E-state index contributed by atoms with van der Waals surface area (Å²) in [6.07, 6.45) is 0. The summed E-state index contributed by atoms with van der Waals surface area (Å²) >= 11 is 8.00. The molecule has 0 bridgehead atoms. The molecular formula is C15H12ClIN2O5. The fourth-order valence-corrected chi connectivity index (χ4v) is 2.77. The Morgan fingerprint density at radius 2 is 1.88 bits per heavy atom. The minimum Gasteiger partial charge on any atom is -0.495 e. The zero-order chi connectivity index (χ0) is 17.9. The Balaban J connectivity index is 2.38. The summed E-state index contributed by atoms with van der Waals surface area (Å²) in [6, 6.07) is 7.08. The quantitative estimate of drug-likeness (QED) is 0.410. The molecule has 0 spiro atoms. The highest BCUT2D eigenvalue weighted by Crippen LogP contribution is 2.36. The lowest BCUT2D eigenvalue weighted by atomic mass is 10.2. The van der Waals surface area contributed by atoms with Crippen molar-refractivity contribution in [2.45, 2.75) is 0 Å². The van der Waals surface area contributed by atoms with Crippen LogP contribution in [0.5, 0.6) is 11.5 Å². The van der Waals surface area contributed by atoms with Gasteiger partial charge in [-0.3, -0.25) is 14.9 Å². The number of nitrogens with zero attached hydrogens (tertiary/aromatic N) is 1. The first-order valence-corrected chi connectivity index (χ1v) is 8.00. The van der Waals surface area contributed by atoms with Crippen molar-refractivity contribution in [1.82, 2.24) is 0 Å². The molecule has 24 heavy (non-hydrogen) atoms. The second-order valence-corrected chi connectivity index (χ2v) is 6.13. The Morgan fingerprint density at radius 3 is 2.46 bits per heavy atom. The lowest BCUT2D eigenvalue weighted by Crippen LogP contribution is -2.14. The molecule has 0 aliphatic heterocycles. The largest absolute Gasteiger partial charge is 0.495 e. The average molecular weight is 463 g/mol. The van der Waals surface area contributed by atoms with Gasteiger partial charge in [0.15, 0.2) is 0 Å². The summed E-state index contributed by atoms with van der Waals surface area (Å²) in [4.78, 5) is 22.8. The van der Waals surface area contributed by atoms with Crippen LogP contribution < -0.4 is 14.8 Å². The van der Waals surface area contributed by atoms with Gasteiger partial charge >= 0.3 is 0 Å². The average Bonchev–Trinajstić information content (AvgIpc) is 2.55. The number of halogens is 2. The van der Waals surface area contributed by atoms with Crippen LogP contribution in [0.25, 0.3) is 0 Å². The first-order valence-electron chi connectivity index (χ1n) is 6.54. The van der Waals surface area contributed by atoms with Crippen molar-refractivity contribution in [2.24, 2.45) is 0 Å². The molecule has 2 aromatic carbocycles. The zero-order valence-corrected chi connectivity index (χ0v) is 15.5. The van der Waals surface area contributed by atoms with Gasteiger partial charge in [0.05, 0.1) is 35.4 Å². The van der Waals surface area contributed by atoms with Crippen molar-refractivity contribution in [3.05, 3.63) is 54.6 Å². The van der Waals surface area contributed by atoms with Crippen LogP contribution >= 0.6 is 34.2 Å². The van der Waals surface area contributed by atoms with Crippen molar-refractivity contribution < 1.29 is 19.2 Å². The number of amides is 1. The van der Waals surface area contributed by atoms with Gasteiger partial charge < -0.3 is 14.8 Å². The number of nitrogens with one attached hydrogen (secondary N) is 1. The second kappa shape index (κ2) is 7.67. The predicted octanol–water partition coefficient (Wildman–Crippen LogP) is 4.12. The molecule has 0 aromatic heterocycles. The van der Waals surface area contributed by atoms with Crippen molar-refractivity contribution in [3.63, 3.8) is 0 Å². The van der Waals surface area contributed by atoms with Crippen LogP contribution in [0.3, 0.4) is 0 Å². The zero-order valence-electron chi connectivity index (χ0n) is 12.6. The Labute approximate surface area is 156 Å². The molecule has 7 nitrogen and oxygen atoms in total. The highest BCUT2D eigenvalue weighted by molar-refractivity contribution is 14.1. The summed E-state index contributed by atoms with van der Waals surface area (Å²) in [6.45, 7) is 0. The highest BCUT2D eigenvalue weighted by atomic mass is 127. The van der Waals surface area contributed by atoms with E-state index in [1.54, 1.807) is 0 Å². The van der Waals surface area contributed by atoms with E-state index in [4.69, 9.17) is 21.1 Å². The van der Waals surface area contributed by atoms with Crippen molar-refractivity contribution in [2.75, 3.05) is 19.5 Å². The van der Waals surface area contributed by atoms with E-state index in [1.807, 2.05) is 22.6 Å². The van der Waals surface area contributed by atoms with Crippen LogP contribution in [0.15, 0.2) is 30.3 Å². The summed E-state index contributed by atoms with van der Waals surface area (Å²) in [7, 11) is 2.90. The summed E-state index contributed by atoms with van der Waals surface area (Å²) < 4.78 is 10.9.